The van der Waals surface area contributed by atoms with Crippen molar-refractivity contribution < 1.29 is 9.59 Å². The van der Waals surface area contributed by atoms with Crippen LogP contribution in [0.1, 0.15) is 89.9 Å². The fraction of sp³-hybridized carbons (Fsp3) is 0.704. The van der Waals surface area contributed by atoms with Gasteiger partial charge in [0.2, 0.25) is 5.91 Å². The molecule has 0 bridgehead atoms. The van der Waals surface area contributed by atoms with Crippen LogP contribution in [0.25, 0.3) is 0 Å². The van der Waals surface area contributed by atoms with E-state index in [9.17, 15) is 9.59 Å². The minimum atomic E-state index is 0.0256. The topological polar surface area (TPSA) is 52.7 Å². The maximum Gasteiger partial charge on any atom is 0.256 e. The lowest BCUT2D eigenvalue weighted by Gasteiger charge is -2.34. The van der Waals surface area contributed by atoms with Gasteiger partial charge < -0.3 is 15.1 Å². The van der Waals surface area contributed by atoms with Crippen molar-refractivity contribution in [1.82, 2.24) is 4.90 Å². The first-order valence-corrected chi connectivity index (χ1v) is 12.6. The van der Waals surface area contributed by atoms with E-state index in [1.807, 2.05) is 23.1 Å². The molecule has 3 rings (SSSR count). The number of amides is 2. The predicted octanol–water partition coefficient (Wildman–Crippen LogP) is 5.95. The molecule has 2 heterocycles. The van der Waals surface area contributed by atoms with Gasteiger partial charge in [-0.3, -0.25) is 9.59 Å². The lowest BCUT2D eigenvalue weighted by molar-refractivity contribution is -0.117. The number of hydrogen-bond donors (Lipinski definition) is 1. The van der Waals surface area contributed by atoms with Crippen molar-refractivity contribution in [3.05, 3.63) is 23.8 Å². The molecule has 178 valence electrons. The molecule has 5 nitrogen and oxygen atoms in total. The van der Waals surface area contributed by atoms with Crippen LogP contribution in [0.5, 0.6) is 0 Å². The van der Waals surface area contributed by atoms with E-state index < -0.39 is 0 Å². The summed E-state index contributed by atoms with van der Waals surface area (Å²) in [5.74, 6) is 1.13. The molecule has 0 aromatic heterocycles. The van der Waals surface area contributed by atoms with E-state index in [1.165, 1.54) is 19.3 Å². The zero-order valence-corrected chi connectivity index (χ0v) is 20.9. The molecule has 0 unspecified atom stereocenters. The van der Waals surface area contributed by atoms with Crippen molar-refractivity contribution in [3.63, 3.8) is 0 Å². The molecule has 32 heavy (non-hydrogen) atoms. The molecule has 1 atom stereocenters. The van der Waals surface area contributed by atoms with Gasteiger partial charge in [0.05, 0.1) is 5.56 Å². The number of rotatable bonds is 6. The summed E-state index contributed by atoms with van der Waals surface area (Å²) in [5, 5.41) is 3.07. The van der Waals surface area contributed by atoms with Crippen LogP contribution in [0, 0.1) is 17.3 Å². The van der Waals surface area contributed by atoms with Crippen molar-refractivity contribution in [2.24, 2.45) is 17.3 Å². The zero-order valence-electron chi connectivity index (χ0n) is 20.9. The molecule has 1 aromatic rings. The van der Waals surface area contributed by atoms with Crippen LogP contribution >= 0.6 is 0 Å². The Morgan fingerprint density at radius 3 is 2.34 bits per heavy atom. The highest BCUT2D eigenvalue weighted by Crippen LogP contribution is 2.30. The van der Waals surface area contributed by atoms with E-state index in [0.717, 1.165) is 62.4 Å². The van der Waals surface area contributed by atoms with Crippen molar-refractivity contribution in [2.75, 3.05) is 36.4 Å². The summed E-state index contributed by atoms with van der Waals surface area (Å²) in [4.78, 5) is 30.6. The number of carbonyl (C=O) groups is 2. The van der Waals surface area contributed by atoms with Gasteiger partial charge in [0.15, 0.2) is 0 Å². The molecule has 5 heteroatoms. The third-order valence-electron chi connectivity index (χ3n) is 6.77. The lowest BCUT2D eigenvalue weighted by atomic mass is 9.84. The Labute approximate surface area is 194 Å². The average molecular weight is 442 g/mol. The highest BCUT2D eigenvalue weighted by Gasteiger charge is 2.26. The number of piperidine rings is 2. The standard InChI is InChI=1S/C27H43N3O2/c1-20-11-15-30(16-12-20)26(32)23-18-22(9-10-24(23)29-13-7-6-8-14-29)28-25(31)17-21(2)19-27(3,4)5/h9-10,18,20-21H,6-8,11-17,19H2,1-5H3,(H,28,31)/t21-/m0/s1. The van der Waals surface area contributed by atoms with Crippen LogP contribution in [0.15, 0.2) is 18.2 Å². The maximum absolute atomic E-state index is 13.5. The number of nitrogens with one attached hydrogen (secondary N) is 1. The average Bonchev–Trinajstić information content (AvgIpc) is 2.73. The van der Waals surface area contributed by atoms with Gasteiger partial charge in [-0.2, -0.15) is 0 Å². The van der Waals surface area contributed by atoms with E-state index in [4.69, 9.17) is 0 Å². The number of anilines is 2. The van der Waals surface area contributed by atoms with Crippen LogP contribution in [-0.4, -0.2) is 42.9 Å². The van der Waals surface area contributed by atoms with Crippen LogP contribution in [-0.2, 0) is 4.79 Å². The molecule has 1 N–H and O–H groups in total. The molecule has 2 fully saturated rings. The molecule has 1 aromatic carbocycles. The first-order valence-electron chi connectivity index (χ1n) is 12.6. The van der Waals surface area contributed by atoms with Crippen LogP contribution < -0.4 is 10.2 Å². The molecular weight excluding hydrogens is 398 g/mol. The van der Waals surface area contributed by atoms with E-state index in [-0.39, 0.29) is 17.2 Å². The van der Waals surface area contributed by atoms with Crippen molar-refractivity contribution in [1.29, 1.82) is 0 Å². The van der Waals surface area contributed by atoms with Gasteiger partial charge in [0.1, 0.15) is 0 Å². The van der Waals surface area contributed by atoms with Crippen molar-refractivity contribution in [2.45, 2.75) is 79.6 Å². The molecule has 0 saturated carbocycles. The summed E-state index contributed by atoms with van der Waals surface area (Å²) in [6, 6.07) is 5.92. The summed E-state index contributed by atoms with van der Waals surface area (Å²) >= 11 is 0. The smallest absolute Gasteiger partial charge is 0.256 e. The Hall–Kier alpha value is -2.04. The van der Waals surface area contributed by atoms with Gasteiger partial charge in [0.25, 0.3) is 5.91 Å². The van der Waals surface area contributed by atoms with Crippen molar-refractivity contribution >= 4 is 23.2 Å². The second-order valence-corrected chi connectivity index (χ2v) is 11.4. The van der Waals surface area contributed by atoms with Crippen LogP contribution in [0.4, 0.5) is 11.4 Å². The number of benzene rings is 1. The number of likely N-dealkylation sites (tertiary alicyclic amines) is 1. The Morgan fingerprint density at radius 1 is 1.06 bits per heavy atom. The molecule has 2 aliphatic rings. The highest BCUT2D eigenvalue weighted by molar-refractivity contribution is 6.02. The summed E-state index contributed by atoms with van der Waals surface area (Å²) < 4.78 is 0. The largest absolute Gasteiger partial charge is 0.371 e. The van der Waals surface area contributed by atoms with Crippen LogP contribution in [0.2, 0.25) is 0 Å². The highest BCUT2D eigenvalue weighted by atomic mass is 16.2. The predicted molar refractivity (Wildman–Crippen MR) is 133 cm³/mol. The molecule has 2 aliphatic heterocycles. The normalized spacial score (nSPS) is 19.0. The minimum Gasteiger partial charge on any atom is -0.371 e. The molecule has 2 amide bonds. The Kier molecular flexibility index (Phi) is 8.24. The van der Waals surface area contributed by atoms with E-state index in [2.05, 4.69) is 44.8 Å². The fourth-order valence-electron chi connectivity index (χ4n) is 5.22. The Morgan fingerprint density at radius 2 is 1.72 bits per heavy atom. The summed E-state index contributed by atoms with van der Waals surface area (Å²) in [6.07, 6.45) is 7.21. The van der Waals surface area contributed by atoms with E-state index >= 15 is 0 Å². The molecule has 0 aliphatic carbocycles. The summed E-state index contributed by atoms with van der Waals surface area (Å²) in [5.41, 5.74) is 2.70. The van der Waals surface area contributed by atoms with Gasteiger partial charge in [-0.05, 0) is 74.0 Å². The summed E-state index contributed by atoms with van der Waals surface area (Å²) in [7, 11) is 0. The molecule has 2 saturated heterocycles. The monoisotopic (exact) mass is 441 g/mol. The Bertz CT molecular complexity index is 785. The minimum absolute atomic E-state index is 0.0256. The Balaban J connectivity index is 1.77. The number of carbonyl (C=O) groups excluding carboxylic acids is 2. The van der Waals surface area contributed by atoms with E-state index in [1.54, 1.807) is 0 Å². The third-order valence-corrected chi connectivity index (χ3v) is 6.77. The first kappa shape index (κ1) is 24.6. The van der Waals surface area contributed by atoms with Gasteiger partial charge in [0, 0.05) is 44.0 Å². The van der Waals surface area contributed by atoms with Gasteiger partial charge in [-0.25, -0.2) is 0 Å². The SMILES string of the molecule is CC1CCN(C(=O)c2cc(NC(=O)C[C@H](C)CC(C)(C)C)ccc2N2CCCCC2)CC1. The van der Waals surface area contributed by atoms with E-state index in [0.29, 0.717) is 18.3 Å². The van der Waals surface area contributed by atoms with Gasteiger partial charge in [-0.1, -0.05) is 34.6 Å². The summed E-state index contributed by atoms with van der Waals surface area (Å²) in [6.45, 7) is 14.6. The second kappa shape index (κ2) is 10.7. The molecule has 0 radical (unpaired) electrons. The lowest BCUT2D eigenvalue weighted by Crippen LogP contribution is -2.39. The fourth-order valence-corrected chi connectivity index (χ4v) is 5.22. The first-order chi connectivity index (χ1) is 15.1. The number of nitrogens with zero attached hydrogens (tertiary/aromatic N) is 2. The number of hydrogen-bond acceptors (Lipinski definition) is 3. The zero-order chi connectivity index (χ0) is 23.3. The van der Waals surface area contributed by atoms with Gasteiger partial charge >= 0.3 is 0 Å². The third kappa shape index (κ3) is 6.98. The molecule has 0 spiro atoms. The maximum atomic E-state index is 13.5. The van der Waals surface area contributed by atoms with Crippen molar-refractivity contribution in [3.8, 4) is 0 Å². The quantitative estimate of drug-likeness (QED) is 0.593. The van der Waals surface area contributed by atoms with Gasteiger partial charge in [-0.15, -0.1) is 0 Å². The molecular formula is C27H43N3O2. The second-order valence-electron chi connectivity index (χ2n) is 11.4. The van der Waals surface area contributed by atoms with Crippen LogP contribution in [0.3, 0.4) is 0 Å².